The van der Waals surface area contributed by atoms with Crippen LogP contribution in [0.4, 0.5) is 10.2 Å². The maximum atomic E-state index is 13.1. The monoisotopic (exact) mass is 463 g/mol. The third-order valence-corrected chi connectivity index (χ3v) is 6.87. The third-order valence-electron chi connectivity index (χ3n) is 4.94. The fraction of sp³-hybridized carbons (Fsp3) is 0.190. The van der Waals surface area contributed by atoms with Crippen LogP contribution in [0.15, 0.2) is 52.4 Å². The van der Waals surface area contributed by atoms with E-state index in [0.29, 0.717) is 37.9 Å². The molecule has 154 valence electrons. The lowest BCUT2D eigenvalue weighted by atomic mass is 9.86. The van der Waals surface area contributed by atoms with Gasteiger partial charge < -0.3 is 9.88 Å². The first-order valence-electron chi connectivity index (χ1n) is 9.07. The van der Waals surface area contributed by atoms with Gasteiger partial charge in [-0.15, -0.1) is 0 Å². The molecule has 30 heavy (non-hydrogen) atoms. The molecule has 1 aliphatic heterocycles. The Balaban J connectivity index is 1.74. The van der Waals surface area contributed by atoms with Crippen molar-refractivity contribution < 1.29 is 9.18 Å². The Labute approximate surface area is 186 Å². The molecule has 2 aromatic carbocycles. The average Bonchev–Trinajstić information content (AvgIpc) is 2.72. The Hall–Kier alpha value is -2.35. The van der Waals surface area contributed by atoms with Crippen molar-refractivity contribution in [3.8, 4) is 0 Å². The van der Waals surface area contributed by atoms with Crippen LogP contribution in [0.1, 0.15) is 29.0 Å². The van der Waals surface area contributed by atoms with E-state index < -0.39 is 11.5 Å². The topological polar surface area (TPSA) is 64.0 Å². The van der Waals surface area contributed by atoms with Gasteiger partial charge in [0.15, 0.2) is 5.16 Å². The summed E-state index contributed by atoms with van der Waals surface area (Å²) in [7, 11) is 1.74. The number of hydrogen-bond acceptors (Lipinski definition) is 4. The lowest BCUT2D eigenvalue weighted by Crippen LogP contribution is -2.33. The number of fused-ring (bicyclic) bond motifs is 1. The highest BCUT2D eigenvalue weighted by molar-refractivity contribution is 7.98. The maximum absolute atomic E-state index is 13.1. The Bertz CT molecular complexity index is 1200. The van der Waals surface area contributed by atoms with Crippen molar-refractivity contribution in [2.75, 3.05) is 5.32 Å². The second-order valence-electron chi connectivity index (χ2n) is 6.88. The predicted molar refractivity (Wildman–Crippen MR) is 117 cm³/mol. The second kappa shape index (κ2) is 8.41. The van der Waals surface area contributed by atoms with Gasteiger partial charge in [-0.2, -0.15) is 4.98 Å². The number of nitrogens with one attached hydrogen (secondary N) is 1. The van der Waals surface area contributed by atoms with Crippen LogP contribution in [0.3, 0.4) is 0 Å². The van der Waals surface area contributed by atoms with Gasteiger partial charge in [-0.25, -0.2) is 4.39 Å². The summed E-state index contributed by atoms with van der Waals surface area (Å²) in [5.74, 6) is -0.177. The Kier molecular flexibility index (Phi) is 5.86. The summed E-state index contributed by atoms with van der Waals surface area (Å²) < 4.78 is 14.8. The van der Waals surface area contributed by atoms with Crippen molar-refractivity contribution in [2.45, 2.75) is 23.2 Å². The summed E-state index contributed by atoms with van der Waals surface area (Å²) in [4.78, 5) is 29.6. The van der Waals surface area contributed by atoms with E-state index in [2.05, 4.69) is 10.3 Å². The number of amides is 1. The molecule has 0 spiro atoms. The number of thioether (sulfide) groups is 1. The molecule has 1 aliphatic rings. The maximum Gasteiger partial charge on any atom is 0.279 e. The zero-order chi connectivity index (χ0) is 21.4. The Morgan fingerprint density at radius 3 is 2.67 bits per heavy atom. The van der Waals surface area contributed by atoms with Crippen LogP contribution in [0.25, 0.3) is 0 Å². The first-order chi connectivity index (χ1) is 14.3. The van der Waals surface area contributed by atoms with Crippen molar-refractivity contribution in [3.63, 3.8) is 0 Å². The summed E-state index contributed by atoms with van der Waals surface area (Å²) in [5.41, 5.74) is 1.46. The molecule has 0 aliphatic carbocycles. The molecule has 1 unspecified atom stereocenters. The highest BCUT2D eigenvalue weighted by Crippen LogP contribution is 2.40. The molecule has 1 amide bonds. The number of carbonyl (C=O) groups is 1. The number of benzene rings is 2. The molecule has 4 rings (SSSR count). The van der Waals surface area contributed by atoms with Crippen LogP contribution in [-0.2, 0) is 17.6 Å². The summed E-state index contributed by atoms with van der Waals surface area (Å²) >= 11 is 13.8. The molecule has 0 radical (unpaired) electrons. The second-order valence-corrected chi connectivity index (χ2v) is 8.61. The minimum Gasteiger partial charge on any atom is -0.312 e. The number of rotatable bonds is 4. The van der Waals surface area contributed by atoms with Crippen LogP contribution in [-0.4, -0.2) is 15.5 Å². The van der Waals surface area contributed by atoms with Gasteiger partial charge in [0, 0.05) is 25.1 Å². The number of aromatic nitrogens is 2. The number of carbonyl (C=O) groups excluding carboxylic acids is 1. The molecular formula is C21H16Cl2FN3O2S. The molecule has 0 bridgehead atoms. The SMILES string of the molecule is Cn1c(SCc2ccc(F)cc2)nc(=O)c2c1NC(=O)CC2c1cccc(Cl)c1Cl. The van der Waals surface area contributed by atoms with Crippen molar-refractivity contribution in [1.29, 1.82) is 0 Å². The highest BCUT2D eigenvalue weighted by Gasteiger charge is 2.33. The molecule has 0 fully saturated rings. The first-order valence-corrected chi connectivity index (χ1v) is 10.8. The van der Waals surface area contributed by atoms with Gasteiger partial charge in [0.25, 0.3) is 5.56 Å². The minimum absolute atomic E-state index is 0.0754. The van der Waals surface area contributed by atoms with Crippen LogP contribution in [0.2, 0.25) is 10.0 Å². The van der Waals surface area contributed by atoms with Crippen LogP contribution in [0, 0.1) is 5.82 Å². The average molecular weight is 464 g/mol. The summed E-state index contributed by atoms with van der Waals surface area (Å²) in [5, 5.41) is 3.92. The zero-order valence-electron chi connectivity index (χ0n) is 15.8. The van der Waals surface area contributed by atoms with Crippen LogP contribution in [0.5, 0.6) is 0 Å². The summed E-state index contributed by atoms with van der Waals surface area (Å²) in [6.45, 7) is 0. The van der Waals surface area contributed by atoms with E-state index in [1.807, 2.05) is 0 Å². The number of hydrogen-bond donors (Lipinski definition) is 1. The van der Waals surface area contributed by atoms with Gasteiger partial charge in [0.05, 0.1) is 15.6 Å². The summed E-state index contributed by atoms with van der Waals surface area (Å²) in [6.07, 6.45) is 0.0754. The van der Waals surface area contributed by atoms with Gasteiger partial charge in [0.2, 0.25) is 5.91 Å². The number of halogens is 3. The Morgan fingerprint density at radius 2 is 1.93 bits per heavy atom. The van der Waals surface area contributed by atoms with Gasteiger partial charge in [-0.3, -0.25) is 9.59 Å². The largest absolute Gasteiger partial charge is 0.312 e. The molecule has 1 N–H and O–H groups in total. The molecule has 5 nitrogen and oxygen atoms in total. The van der Waals surface area contributed by atoms with E-state index in [1.54, 1.807) is 41.9 Å². The smallest absolute Gasteiger partial charge is 0.279 e. The molecule has 0 saturated heterocycles. The molecular weight excluding hydrogens is 448 g/mol. The number of anilines is 1. The van der Waals surface area contributed by atoms with Crippen LogP contribution >= 0.6 is 35.0 Å². The van der Waals surface area contributed by atoms with Crippen molar-refractivity contribution >= 4 is 46.7 Å². The normalized spacial score (nSPS) is 15.6. The van der Waals surface area contributed by atoms with Gasteiger partial charge in [-0.1, -0.05) is 59.2 Å². The third kappa shape index (κ3) is 3.97. The van der Waals surface area contributed by atoms with Crippen LogP contribution < -0.4 is 10.9 Å². The minimum atomic E-state index is -0.540. The first kappa shape index (κ1) is 20.9. The van der Waals surface area contributed by atoms with Crippen molar-refractivity contribution in [2.24, 2.45) is 7.05 Å². The fourth-order valence-corrected chi connectivity index (χ4v) is 4.81. The molecule has 2 heterocycles. The summed E-state index contributed by atoms with van der Waals surface area (Å²) in [6, 6.07) is 11.3. The lowest BCUT2D eigenvalue weighted by molar-refractivity contribution is -0.116. The highest BCUT2D eigenvalue weighted by atomic mass is 35.5. The van der Waals surface area contributed by atoms with Gasteiger partial charge in [-0.05, 0) is 29.3 Å². The number of nitrogens with zero attached hydrogens (tertiary/aromatic N) is 2. The zero-order valence-corrected chi connectivity index (χ0v) is 18.1. The van der Waals surface area contributed by atoms with Crippen molar-refractivity contribution in [1.82, 2.24) is 9.55 Å². The predicted octanol–water partition coefficient (Wildman–Crippen LogP) is 4.99. The fourth-order valence-electron chi connectivity index (χ4n) is 3.45. The Morgan fingerprint density at radius 1 is 1.20 bits per heavy atom. The molecule has 3 aromatic rings. The van der Waals surface area contributed by atoms with Gasteiger partial charge >= 0.3 is 0 Å². The van der Waals surface area contributed by atoms with E-state index in [-0.39, 0.29) is 18.1 Å². The van der Waals surface area contributed by atoms with E-state index in [1.165, 1.54) is 23.9 Å². The lowest BCUT2D eigenvalue weighted by Gasteiger charge is -2.28. The van der Waals surface area contributed by atoms with Crippen molar-refractivity contribution in [3.05, 3.63) is 85.4 Å². The molecule has 1 aromatic heterocycles. The van der Waals surface area contributed by atoms with Gasteiger partial charge in [0.1, 0.15) is 11.6 Å². The van der Waals surface area contributed by atoms with E-state index >= 15 is 0 Å². The standard InChI is InChI=1S/C21H16Cl2FN3O2S/c1-27-19-17(14(9-16(28)25-19)13-3-2-4-15(22)18(13)23)20(29)26-21(27)30-10-11-5-7-12(24)8-6-11/h2-8,14H,9-10H2,1H3,(H,25,28). The molecule has 0 saturated carbocycles. The van der Waals surface area contributed by atoms with E-state index in [0.717, 1.165) is 5.56 Å². The van der Waals surface area contributed by atoms with E-state index in [9.17, 15) is 14.0 Å². The molecule has 1 atom stereocenters. The quantitative estimate of drug-likeness (QED) is 0.437. The molecule has 9 heteroatoms. The van der Waals surface area contributed by atoms with E-state index in [4.69, 9.17) is 23.2 Å².